The summed E-state index contributed by atoms with van der Waals surface area (Å²) in [5.41, 5.74) is -1.28. The van der Waals surface area contributed by atoms with E-state index in [4.69, 9.17) is 29.3 Å². The predicted molar refractivity (Wildman–Crippen MR) is 151 cm³/mol. The highest BCUT2D eigenvalue weighted by Crippen LogP contribution is 2.43. The molecule has 3 fully saturated rings. The van der Waals surface area contributed by atoms with Crippen LogP contribution in [0.5, 0.6) is 0 Å². The molecular formula is C28H39F9N4O7. The van der Waals surface area contributed by atoms with Crippen LogP contribution >= 0.6 is 0 Å². The largest absolute Gasteiger partial charge is 0.490 e. The summed E-state index contributed by atoms with van der Waals surface area (Å²) in [5.74, 6) is -2.28. The number of piperazine rings is 1. The van der Waals surface area contributed by atoms with Crippen LogP contribution in [0.1, 0.15) is 44.7 Å². The molecule has 0 radical (unpaired) electrons. The third kappa shape index (κ3) is 13.6. The van der Waals surface area contributed by atoms with Crippen LogP contribution in [0.15, 0.2) is 18.2 Å². The minimum Gasteiger partial charge on any atom is -0.483 e. The highest BCUT2D eigenvalue weighted by Gasteiger charge is 2.47. The van der Waals surface area contributed by atoms with E-state index in [0.29, 0.717) is 45.2 Å². The van der Waals surface area contributed by atoms with Gasteiger partial charge in [-0.1, -0.05) is 13.0 Å². The van der Waals surface area contributed by atoms with E-state index in [1.54, 1.807) is 13.2 Å². The predicted octanol–water partition coefficient (Wildman–Crippen LogP) is 4.60. The Morgan fingerprint density at radius 1 is 1.12 bits per heavy atom. The summed E-state index contributed by atoms with van der Waals surface area (Å²) in [5, 5.41) is 17.7. The molecule has 2 unspecified atom stereocenters. The van der Waals surface area contributed by atoms with Crippen LogP contribution in [-0.2, 0) is 30.0 Å². The van der Waals surface area contributed by atoms with Crippen molar-refractivity contribution in [1.29, 1.82) is 0 Å². The van der Waals surface area contributed by atoms with E-state index < -0.39 is 30.7 Å². The number of methoxy groups -OCH3 is 1. The fraction of sp³-hybridized carbons (Fsp3) is 0.714. The molecule has 11 nitrogen and oxygen atoms in total. The van der Waals surface area contributed by atoms with Gasteiger partial charge in [0.25, 0.3) is 6.47 Å². The molecule has 1 saturated carbocycles. The van der Waals surface area contributed by atoms with E-state index in [1.807, 2.05) is 9.80 Å². The summed E-state index contributed by atoms with van der Waals surface area (Å²) in [4.78, 5) is 38.4. The number of halogens is 9. The van der Waals surface area contributed by atoms with Gasteiger partial charge in [-0.15, -0.1) is 0 Å². The number of hydrogen-bond donors (Lipinski definition) is 3. The molecule has 4 rings (SSSR count). The van der Waals surface area contributed by atoms with Gasteiger partial charge in [0.2, 0.25) is 5.91 Å². The highest BCUT2D eigenvalue weighted by molar-refractivity contribution is 5.83. The molecule has 3 heterocycles. The number of carboxylic acid groups (broad SMARTS) is 2. The van der Waals surface area contributed by atoms with Crippen molar-refractivity contribution in [1.82, 2.24) is 15.2 Å². The van der Waals surface area contributed by atoms with Gasteiger partial charge < -0.3 is 34.8 Å². The van der Waals surface area contributed by atoms with E-state index in [0.717, 1.165) is 38.2 Å². The lowest BCUT2D eigenvalue weighted by molar-refractivity contribution is -0.192. The van der Waals surface area contributed by atoms with E-state index in [1.165, 1.54) is 6.07 Å². The van der Waals surface area contributed by atoms with Crippen molar-refractivity contribution in [2.24, 2.45) is 5.41 Å². The van der Waals surface area contributed by atoms with E-state index in [-0.39, 0.29) is 36.0 Å². The number of pyridine rings is 1. The quantitative estimate of drug-likeness (QED) is 0.283. The number of rotatable bonds is 6. The number of carbonyl (C=O) groups is 3. The Morgan fingerprint density at radius 3 is 2.17 bits per heavy atom. The Hall–Kier alpha value is -3.39. The number of carboxylic acids is 1. The van der Waals surface area contributed by atoms with Crippen LogP contribution in [0.3, 0.4) is 0 Å². The van der Waals surface area contributed by atoms with Crippen molar-refractivity contribution in [3.05, 3.63) is 23.9 Å². The number of nitrogens with zero attached hydrogens (tertiary/aromatic N) is 3. The molecule has 0 bridgehead atoms. The zero-order valence-corrected chi connectivity index (χ0v) is 26.1. The molecule has 1 amide bonds. The van der Waals surface area contributed by atoms with Crippen molar-refractivity contribution in [3.63, 3.8) is 0 Å². The summed E-state index contributed by atoms with van der Waals surface area (Å²) in [6.45, 7) is 1.38. The molecule has 20 heteroatoms. The molecule has 2 aliphatic heterocycles. The van der Waals surface area contributed by atoms with Crippen molar-refractivity contribution >= 4 is 24.2 Å². The first-order valence-electron chi connectivity index (χ1n) is 14.6. The smallest absolute Gasteiger partial charge is 0.483 e. The lowest BCUT2D eigenvalue weighted by Gasteiger charge is -2.40. The van der Waals surface area contributed by atoms with Crippen molar-refractivity contribution in [2.45, 2.75) is 76.2 Å². The average molecular weight is 715 g/mol. The minimum atomic E-state index is -5.08. The average Bonchev–Trinajstić information content (AvgIpc) is 3.45. The molecule has 3 aliphatic rings. The van der Waals surface area contributed by atoms with Crippen LogP contribution in [0.25, 0.3) is 0 Å². The Kier molecular flexibility index (Phi) is 17.4. The monoisotopic (exact) mass is 714 g/mol. The van der Waals surface area contributed by atoms with Crippen LogP contribution in [0.4, 0.5) is 45.3 Å². The van der Waals surface area contributed by atoms with Gasteiger partial charge in [0, 0.05) is 52.0 Å². The molecule has 0 spiro atoms. The number of carbonyl (C=O) groups excluding carboxylic acids is 1. The summed E-state index contributed by atoms with van der Waals surface area (Å²) in [6.07, 6.45) is -5.27. The zero-order valence-electron chi connectivity index (χ0n) is 26.1. The summed E-state index contributed by atoms with van der Waals surface area (Å²) in [7, 11) is 1.71. The lowest BCUT2D eigenvalue weighted by Crippen LogP contribution is -2.54. The number of aliphatic carboxylic acids is 1. The maximum Gasteiger partial charge on any atom is 0.490 e. The molecule has 276 valence electrons. The summed E-state index contributed by atoms with van der Waals surface area (Å²) in [6, 6.07) is 4.45. The van der Waals surface area contributed by atoms with Crippen molar-refractivity contribution < 1.29 is 73.6 Å². The van der Waals surface area contributed by atoms with Gasteiger partial charge in [0.05, 0.1) is 18.1 Å². The van der Waals surface area contributed by atoms with Crippen LogP contribution in [0.2, 0.25) is 0 Å². The standard InChI is InChI=1S/C24H35F3N4O3.C2HF3O2.CHF3.CH2O2/c1-3-23(9-7-17(15-23)28-18-8-14-34-16-19(18)33-2)22(32)31-12-10-30(11-13-31)21-6-4-5-20(29-21)24(25,26)27;3-2(4,5)1(6)7;2-1(3)4;2-1-3/h4-6,17-19,28H,3,7-16H2,1-2H3;(H,6,7);1H;1H,(H,2,3)/t17-,18?,19?,23+;;;/m1.../s1. The number of aromatic nitrogens is 1. The second kappa shape index (κ2) is 19.6. The Morgan fingerprint density at radius 2 is 1.69 bits per heavy atom. The number of alkyl halides is 9. The van der Waals surface area contributed by atoms with E-state index >= 15 is 0 Å². The molecule has 2 saturated heterocycles. The molecule has 0 aromatic carbocycles. The molecule has 3 N–H and O–H groups in total. The number of anilines is 1. The number of amides is 1. The SMILES string of the molecule is CC[C@]1(C(=O)N2CCN(c3cccc(C(F)(F)F)n3)CC2)CC[C@@H](NC2CCOCC2OC)C1.FC(F)F.O=C(O)C(F)(F)F.O=CO. The third-order valence-electron chi connectivity index (χ3n) is 7.95. The van der Waals surface area contributed by atoms with Gasteiger partial charge in [0.15, 0.2) is 0 Å². The van der Waals surface area contributed by atoms with Crippen LogP contribution < -0.4 is 10.2 Å². The molecule has 1 aromatic rings. The van der Waals surface area contributed by atoms with Gasteiger partial charge in [-0.2, -0.15) is 39.5 Å². The Bertz CT molecular complexity index is 1140. The Labute approximate surface area is 270 Å². The van der Waals surface area contributed by atoms with Gasteiger partial charge in [-0.25, -0.2) is 9.78 Å². The van der Waals surface area contributed by atoms with E-state index in [9.17, 15) is 44.3 Å². The van der Waals surface area contributed by atoms with Crippen LogP contribution in [0, 0.1) is 5.41 Å². The topological polar surface area (TPSA) is 142 Å². The molecule has 1 aromatic heterocycles. The minimum absolute atomic E-state index is 0.0265. The number of hydrogen-bond acceptors (Lipinski definition) is 8. The Balaban J connectivity index is 0.000000696. The fourth-order valence-corrected chi connectivity index (χ4v) is 5.60. The first-order chi connectivity index (χ1) is 22.3. The lowest BCUT2D eigenvalue weighted by atomic mass is 9.81. The normalized spacial score (nSPS) is 24.3. The maximum absolute atomic E-state index is 13.6. The van der Waals surface area contributed by atoms with E-state index in [2.05, 4.69) is 17.2 Å². The highest BCUT2D eigenvalue weighted by atomic mass is 19.4. The van der Waals surface area contributed by atoms with Crippen LogP contribution in [-0.4, -0.2) is 116 Å². The molecule has 1 aliphatic carbocycles. The second-order valence-electron chi connectivity index (χ2n) is 10.8. The molecule has 4 atom stereocenters. The molecule has 48 heavy (non-hydrogen) atoms. The summed E-state index contributed by atoms with van der Waals surface area (Å²) >= 11 is 0. The summed E-state index contributed by atoms with van der Waals surface area (Å²) < 4.78 is 111. The van der Waals surface area contributed by atoms with Gasteiger partial charge in [0.1, 0.15) is 11.5 Å². The number of ether oxygens (including phenoxy) is 2. The maximum atomic E-state index is 13.6. The third-order valence-corrected chi connectivity index (χ3v) is 7.95. The fourth-order valence-electron chi connectivity index (χ4n) is 5.60. The van der Waals surface area contributed by atoms with Gasteiger partial charge in [-0.05, 0) is 44.2 Å². The second-order valence-corrected chi connectivity index (χ2v) is 10.8. The number of nitrogens with one attached hydrogen (secondary N) is 1. The first kappa shape index (κ1) is 42.6. The van der Waals surface area contributed by atoms with Crippen molar-refractivity contribution in [2.75, 3.05) is 51.4 Å². The van der Waals surface area contributed by atoms with Crippen molar-refractivity contribution in [3.8, 4) is 0 Å². The molecular weight excluding hydrogens is 675 g/mol. The first-order valence-corrected chi connectivity index (χ1v) is 14.6. The van der Waals surface area contributed by atoms with Gasteiger partial charge >= 0.3 is 25.0 Å². The van der Waals surface area contributed by atoms with Gasteiger partial charge in [-0.3, -0.25) is 9.59 Å². The zero-order chi connectivity index (χ0) is 36.7.